The Labute approximate surface area is 170 Å². The maximum absolute atomic E-state index is 4.96. The SMILES string of the molecule is Cc1ccc2c(-c3nc(-c4ccccc4)cc(-c4ccccc4)n3)cccc2c1. The van der Waals surface area contributed by atoms with Crippen LogP contribution in [0.4, 0.5) is 0 Å². The van der Waals surface area contributed by atoms with Gasteiger partial charge < -0.3 is 0 Å². The number of hydrogen-bond donors (Lipinski definition) is 0. The van der Waals surface area contributed by atoms with Crippen molar-refractivity contribution in [1.29, 1.82) is 0 Å². The second-order valence-corrected chi connectivity index (χ2v) is 7.22. The van der Waals surface area contributed by atoms with Crippen LogP contribution < -0.4 is 0 Å². The van der Waals surface area contributed by atoms with Crippen LogP contribution >= 0.6 is 0 Å². The zero-order valence-corrected chi connectivity index (χ0v) is 16.2. The lowest BCUT2D eigenvalue weighted by molar-refractivity contribution is 1.19. The van der Waals surface area contributed by atoms with Crippen LogP contribution in [0.1, 0.15) is 5.56 Å². The van der Waals surface area contributed by atoms with Crippen LogP contribution in [-0.2, 0) is 0 Å². The Kier molecular flexibility index (Phi) is 4.38. The second kappa shape index (κ2) is 7.33. The van der Waals surface area contributed by atoms with Crippen molar-refractivity contribution in [3.63, 3.8) is 0 Å². The lowest BCUT2D eigenvalue weighted by atomic mass is 10.0. The minimum absolute atomic E-state index is 0.750. The number of benzene rings is 4. The fourth-order valence-electron chi connectivity index (χ4n) is 3.68. The van der Waals surface area contributed by atoms with Crippen LogP contribution in [0.25, 0.3) is 44.7 Å². The molecule has 1 aromatic heterocycles. The third-order valence-corrected chi connectivity index (χ3v) is 5.14. The average molecular weight is 372 g/mol. The van der Waals surface area contributed by atoms with E-state index in [9.17, 15) is 0 Å². The van der Waals surface area contributed by atoms with Gasteiger partial charge in [-0.2, -0.15) is 0 Å². The van der Waals surface area contributed by atoms with Crippen LogP contribution in [0, 0.1) is 6.92 Å². The summed E-state index contributed by atoms with van der Waals surface area (Å²) in [5, 5.41) is 2.37. The molecule has 5 aromatic rings. The molecule has 4 aromatic carbocycles. The highest BCUT2D eigenvalue weighted by Gasteiger charge is 2.12. The topological polar surface area (TPSA) is 25.8 Å². The predicted molar refractivity (Wildman–Crippen MR) is 121 cm³/mol. The summed E-state index contributed by atoms with van der Waals surface area (Å²) < 4.78 is 0. The van der Waals surface area contributed by atoms with Gasteiger partial charge in [0.1, 0.15) is 0 Å². The number of aromatic nitrogens is 2. The lowest BCUT2D eigenvalue weighted by Crippen LogP contribution is -1.96. The van der Waals surface area contributed by atoms with Crippen LogP contribution in [0.5, 0.6) is 0 Å². The zero-order chi connectivity index (χ0) is 19.6. The van der Waals surface area contributed by atoms with Gasteiger partial charge in [-0.1, -0.05) is 103 Å². The fourth-order valence-corrected chi connectivity index (χ4v) is 3.68. The summed E-state index contributed by atoms with van der Waals surface area (Å²) >= 11 is 0. The number of fused-ring (bicyclic) bond motifs is 1. The van der Waals surface area contributed by atoms with E-state index in [1.54, 1.807) is 0 Å². The van der Waals surface area contributed by atoms with Gasteiger partial charge in [0, 0.05) is 16.7 Å². The molecule has 2 nitrogen and oxygen atoms in total. The predicted octanol–water partition coefficient (Wildman–Crippen LogP) is 6.94. The van der Waals surface area contributed by atoms with Crippen molar-refractivity contribution in [3.8, 4) is 33.9 Å². The third kappa shape index (κ3) is 3.41. The molecule has 2 heteroatoms. The van der Waals surface area contributed by atoms with Gasteiger partial charge in [-0.3, -0.25) is 0 Å². The van der Waals surface area contributed by atoms with Gasteiger partial charge in [0.2, 0.25) is 0 Å². The highest BCUT2D eigenvalue weighted by Crippen LogP contribution is 2.31. The summed E-state index contributed by atoms with van der Waals surface area (Å²) in [4.78, 5) is 9.92. The maximum Gasteiger partial charge on any atom is 0.161 e. The molecule has 1 heterocycles. The number of nitrogens with zero attached hydrogens (tertiary/aromatic N) is 2. The van der Waals surface area contributed by atoms with E-state index in [1.807, 2.05) is 36.4 Å². The molecule has 0 amide bonds. The maximum atomic E-state index is 4.96. The molecule has 0 N–H and O–H groups in total. The minimum atomic E-state index is 0.750. The molecule has 0 aliphatic heterocycles. The van der Waals surface area contributed by atoms with Crippen molar-refractivity contribution in [2.75, 3.05) is 0 Å². The van der Waals surface area contributed by atoms with Crippen molar-refractivity contribution in [1.82, 2.24) is 9.97 Å². The molecule has 0 saturated heterocycles. The van der Waals surface area contributed by atoms with Crippen molar-refractivity contribution >= 4 is 10.8 Å². The molecule has 0 spiro atoms. The monoisotopic (exact) mass is 372 g/mol. The summed E-state index contributed by atoms with van der Waals surface area (Å²) in [6, 6.07) is 35.5. The molecule has 0 radical (unpaired) electrons. The largest absolute Gasteiger partial charge is 0.228 e. The van der Waals surface area contributed by atoms with Crippen molar-refractivity contribution in [2.24, 2.45) is 0 Å². The Bertz CT molecular complexity index is 1230. The number of aryl methyl sites for hydroxylation is 1. The van der Waals surface area contributed by atoms with Gasteiger partial charge in [0.25, 0.3) is 0 Å². The van der Waals surface area contributed by atoms with Gasteiger partial charge >= 0.3 is 0 Å². The number of hydrogen-bond acceptors (Lipinski definition) is 2. The van der Waals surface area contributed by atoms with E-state index in [0.717, 1.165) is 33.9 Å². The van der Waals surface area contributed by atoms with Gasteiger partial charge in [0.15, 0.2) is 5.82 Å². The molecule has 138 valence electrons. The average Bonchev–Trinajstić information content (AvgIpc) is 2.79. The number of rotatable bonds is 3. The van der Waals surface area contributed by atoms with E-state index in [2.05, 4.69) is 73.7 Å². The molecule has 29 heavy (non-hydrogen) atoms. The van der Waals surface area contributed by atoms with Crippen LogP contribution in [0.15, 0.2) is 103 Å². The minimum Gasteiger partial charge on any atom is -0.228 e. The molecule has 0 atom stereocenters. The van der Waals surface area contributed by atoms with E-state index in [4.69, 9.17) is 9.97 Å². The molecule has 0 saturated carbocycles. The first-order valence-electron chi connectivity index (χ1n) is 9.78. The van der Waals surface area contributed by atoms with E-state index < -0.39 is 0 Å². The normalized spacial score (nSPS) is 10.9. The first kappa shape index (κ1) is 17.3. The van der Waals surface area contributed by atoms with Crippen LogP contribution in [-0.4, -0.2) is 9.97 Å². The third-order valence-electron chi connectivity index (χ3n) is 5.14. The molecule has 0 bridgehead atoms. The first-order chi connectivity index (χ1) is 14.3. The van der Waals surface area contributed by atoms with Crippen LogP contribution in [0.2, 0.25) is 0 Å². The Morgan fingerprint density at radius 2 is 1.17 bits per heavy atom. The standard InChI is InChI=1S/C27H20N2/c1-19-15-16-23-22(17-19)13-8-14-24(23)27-28-25(20-9-4-2-5-10-20)18-26(29-27)21-11-6-3-7-12-21/h2-18H,1H3. The van der Waals surface area contributed by atoms with Gasteiger partial charge in [-0.15, -0.1) is 0 Å². The molecule has 0 aliphatic rings. The molecule has 0 fully saturated rings. The summed E-state index contributed by atoms with van der Waals surface area (Å²) in [7, 11) is 0. The Hall–Kier alpha value is -3.78. The van der Waals surface area contributed by atoms with E-state index in [0.29, 0.717) is 0 Å². The molecular weight excluding hydrogens is 352 g/mol. The van der Waals surface area contributed by atoms with Crippen molar-refractivity contribution < 1.29 is 0 Å². The first-order valence-corrected chi connectivity index (χ1v) is 9.78. The summed E-state index contributed by atoms with van der Waals surface area (Å²) in [5.74, 6) is 0.750. The van der Waals surface area contributed by atoms with E-state index in [-0.39, 0.29) is 0 Å². The van der Waals surface area contributed by atoms with E-state index >= 15 is 0 Å². The lowest BCUT2D eigenvalue weighted by Gasteiger charge is -2.11. The Morgan fingerprint density at radius 1 is 0.552 bits per heavy atom. The molecular formula is C27H20N2. The smallest absolute Gasteiger partial charge is 0.161 e. The Morgan fingerprint density at radius 3 is 1.79 bits per heavy atom. The Balaban J connectivity index is 1.77. The molecule has 5 rings (SSSR count). The van der Waals surface area contributed by atoms with Crippen LogP contribution in [0.3, 0.4) is 0 Å². The second-order valence-electron chi connectivity index (χ2n) is 7.22. The quantitative estimate of drug-likeness (QED) is 0.343. The highest BCUT2D eigenvalue weighted by molar-refractivity contribution is 5.96. The fraction of sp³-hybridized carbons (Fsp3) is 0.0370. The molecule has 0 unspecified atom stereocenters. The summed E-state index contributed by atoms with van der Waals surface area (Å²) in [6.45, 7) is 2.12. The summed E-state index contributed by atoms with van der Waals surface area (Å²) in [5.41, 5.74) is 6.34. The van der Waals surface area contributed by atoms with Crippen molar-refractivity contribution in [2.45, 2.75) is 6.92 Å². The molecule has 0 aliphatic carbocycles. The van der Waals surface area contributed by atoms with Crippen molar-refractivity contribution in [3.05, 3.63) is 109 Å². The zero-order valence-electron chi connectivity index (χ0n) is 16.2. The van der Waals surface area contributed by atoms with Gasteiger partial charge in [0.05, 0.1) is 11.4 Å². The van der Waals surface area contributed by atoms with E-state index in [1.165, 1.54) is 16.3 Å². The van der Waals surface area contributed by atoms with Gasteiger partial charge in [-0.05, 0) is 23.8 Å². The summed E-state index contributed by atoms with van der Waals surface area (Å²) in [6.07, 6.45) is 0. The van der Waals surface area contributed by atoms with Gasteiger partial charge in [-0.25, -0.2) is 9.97 Å². The highest BCUT2D eigenvalue weighted by atomic mass is 14.9.